The van der Waals surface area contributed by atoms with Crippen LogP contribution in [0.2, 0.25) is 0 Å². The molecule has 28 heavy (non-hydrogen) atoms. The first kappa shape index (κ1) is 19.0. The molecule has 0 aliphatic rings. The zero-order chi connectivity index (χ0) is 20.1. The number of carbonyl (C=O) groups is 1. The number of ether oxygens (including phenoxy) is 2. The fraction of sp³-hybridized carbons (Fsp3) is 0.222. The van der Waals surface area contributed by atoms with E-state index in [0.29, 0.717) is 17.0 Å². The first-order valence-corrected chi connectivity index (χ1v) is 8.30. The highest BCUT2D eigenvalue weighted by Gasteiger charge is 2.16. The first-order chi connectivity index (χ1) is 13.5. The van der Waals surface area contributed by atoms with Crippen LogP contribution in [-0.2, 0) is 11.3 Å². The summed E-state index contributed by atoms with van der Waals surface area (Å²) >= 11 is 0. The third kappa shape index (κ3) is 4.11. The maximum Gasteiger partial charge on any atom is 0.420 e. The zero-order valence-corrected chi connectivity index (χ0v) is 14.9. The molecule has 0 saturated carbocycles. The third-order valence-electron chi connectivity index (χ3n) is 3.92. The molecule has 0 unspecified atom stereocenters. The predicted octanol–water partition coefficient (Wildman–Crippen LogP) is 1.71. The third-order valence-corrected chi connectivity index (χ3v) is 3.92. The van der Waals surface area contributed by atoms with Crippen LogP contribution in [0.15, 0.2) is 51.7 Å². The standard InChI is InChI=1S/C18H17N3O7/c1-26-14-4-2-3-5-15(14)27-9-8-19-17(22)11-20-13-7-6-12(21(24)25)10-16(13)28-18(20)23/h2-7,10H,8-9,11H2,1H3,(H,19,22). The minimum atomic E-state index is -0.768. The van der Waals surface area contributed by atoms with Crippen LogP contribution in [-0.4, -0.2) is 35.7 Å². The molecule has 3 rings (SSSR count). The van der Waals surface area contributed by atoms with E-state index >= 15 is 0 Å². The maximum absolute atomic E-state index is 12.1. The molecule has 1 N–H and O–H groups in total. The van der Waals surface area contributed by atoms with Crippen molar-refractivity contribution >= 4 is 22.7 Å². The number of hydrogen-bond donors (Lipinski definition) is 1. The van der Waals surface area contributed by atoms with E-state index in [-0.39, 0.29) is 31.0 Å². The number of methoxy groups -OCH3 is 1. The number of carbonyl (C=O) groups excluding carboxylic acids is 1. The van der Waals surface area contributed by atoms with Gasteiger partial charge in [0.25, 0.3) is 5.69 Å². The summed E-state index contributed by atoms with van der Waals surface area (Å²) in [6.07, 6.45) is 0. The van der Waals surface area contributed by atoms with Crippen LogP contribution in [0.25, 0.3) is 11.1 Å². The number of benzene rings is 2. The molecule has 0 aliphatic carbocycles. The molecular weight excluding hydrogens is 370 g/mol. The molecule has 10 nitrogen and oxygen atoms in total. The molecule has 2 aromatic carbocycles. The number of para-hydroxylation sites is 2. The van der Waals surface area contributed by atoms with Gasteiger partial charge in [0.1, 0.15) is 13.2 Å². The van der Waals surface area contributed by atoms with Gasteiger partial charge in [-0.2, -0.15) is 0 Å². The van der Waals surface area contributed by atoms with Crippen LogP contribution in [0, 0.1) is 10.1 Å². The number of non-ortho nitro benzene ring substituents is 1. The molecule has 0 spiro atoms. The van der Waals surface area contributed by atoms with E-state index in [2.05, 4.69) is 5.32 Å². The Hall–Kier alpha value is -3.82. The molecule has 3 aromatic rings. The van der Waals surface area contributed by atoms with E-state index < -0.39 is 16.6 Å². The molecule has 0 fully saturated rings. The van der Waals surface area contributed by atoms with Gasteiger partial charge in [0, 0.05) is 6.07 Å². The Balaban J connectivity index is 1.58. The monoisotopic (exact) mass is 387 g/mol. The van der Waals surface area contributed by atoms with E-state index in [1.807, 2.05) is 6.07 Å². The van der Waals surface area contributed by atoms with Crippen LogP contribution >= 0.6 is 0 Å². The van der Waals surface area contributed by atoms with Crippen molar-refractivity contribution in [3.05, 3.63) is 63.1 Å². The average Bonchev–Trinajstić information content (AvgIpc) is 3.00. The fourth-order valence-electron chi connectivity index (χ4n) is 2.61. The number of nitro benzene ring substituents is 1. The highest BCUT2D eigenvalue weighted by molar-refractivity contribution is 5.80. The summed E-state index contributed by atoms with van der Waals surface area (Å²) in [5.41, 5.74) is 0.147. The van der Waals surface area contributed by atoms with Crippen LogP contribution in [0.4, 0.5) is 5.69 Å². The molecule has 10 heteroatoms. The Morgan fingerprint density at radius 3 is 2.71 bits per heavy atom. The lowest BCUT2D eigenvalue weighted by atomic mass is 10.3. The van der Waals surface area contributed by atoms with Crippen molar-refractivity contribution in [2.75, 3.05) is 20.3 Å². The summed E-state index contributed by atoms with van der Waals surface area (Å²) in [5, 5.41) is 13.4. The van der Waals surface area contributed by atoms with E-state index in [4.69, 9.17) is 13.9 Å². The van der Waals surface area contributed by atoms with Gasteiger partial charge in [0.15, 0.2) is 17.1 Å². The van der Waals surface area contributed by atoms with Gasteiger partial charge in [0.05, 0.1) is 30.2 Å². The largest absolute Gasteiger partial charge is 0.493 e. The molecule has 0 radical (unpaired) electrons. The van der Waals surface area contributed by atoms with Crippen molar-refractivity contribution in [3.8, 4) is 11.5 Å². The molecular formula is C18H17N3O7. The summed E-state index contributed by atoms with van der Waals surface area (Å²) in [6.45, 7) is 0.143. The Morgan fingerprint density at radius 1 is 1.25 bits per heavy atom. The van der Waals surface area contributed by atoms with Gasteiger partial charge in [-0.25, -0.2) is 4.79 Å². The number of nitrogens with zero attached hydrogens (tertiary/aromatic N) is 2. The number of oxazole rings is 1. The molecule has 1 amide bonds. The summed E-state index contributed by atoms with van der Waals surface area (Å²) in [4.78, 5) is 34.3. The SMILES string of the molecule is COc1ccccc1OCCNC(=O)Cn1c(=O)oc2cc([N+](=O)[O-])ccc21. The number of fused-ring (bicyclic) bond motifs is 1. The van der Waals surface area contributed by atoms with Crippen molar-refractivity contribution in [2.24, 2.45) is 0 Å². The van der Waals surface area contributed by atoms with Crippen LogP contribution in [0.1, 0.15) is 0 Å². The number of hydrogen-bond acceptors (Lipinski definition) is 7. The Labute approximate surface area is 158 Å². The Bertz CT molecular complexity index is 1070. The van der Waals surface area contributed by atoms with Crippen molar-refractivity contribution in [2.45, 2.75) is 6.54 Å². The van der Waals surface area contributed by atoms with Gasteiger partial charge in [0.2, 0.25) is 5.91 Å². The summed E-state index contributed by atoms with van der Waals surface area (Å²) in [7, 11) is 1.53. The van der Waals surface area contributed by atoms with Crippen molar-refractivity contribution in [1.29, 1.82) is 0 Å². The summed E-state index contributed by atoms with van der Waals surface area (Å²) < 4.78 is 16.8. The molecule has 1 aromatic heterocycles. The summed E-state index contributed by atoms with van der Waals surface area (Å²) in [5.74, 6) is -0.0556. The van der Waals surface area contributed by atoms with Gasteiger partial charge in [-0.1, -0.05) is 12.1 Å². The van der Waals surface area contributed by atoms with Gasteiger partial charge >= 0.3 is 5.76 Å². The van der Waals surface area contributed by atoms with E-state index in [1.165, 1.54) is 19.2 Å². The smallest absolute Gasteiger partial charge is 0.420 e. The van der Waals surface area contributed by atoms with Crippen molar-refractivity contribution in [1.82, 2.24) is 9.88 Å². The van der Waals surface area contributed by atoms with Crippen molar-refractivity contribution in [3.63, 3.8) is 0 Å². The van der Waals surface area contributed by atoms with Crippen LogP contribution < -0.4 is 20.5 Å². The first-order valence-electron chi connectivity index (χ1n) is 8.30. The average molecular weight is 387 g/mol. The number of rotatable bonds is 8. The fourth-order valence-corrected chi connectivity index (χ4v) is 2.61. The lowest BCUT2D eigenvalue weighted by Gasteiger charge is -2.11. The molecule has 0 saturated heterocycles. The van der Waals surface area contributed by atoms with Gasteiger partial charge in [-0.15, -0.1) is 0 Å². The second kappa shape index (κ2) is 8.25. The van der Waals surface area contributed by atoms with Gasteiger partial charge in [-0.3, -0.25) is 19.5 Å². The van der Waals surface area contributed by atoms with Crippen LogP contribution in [0.5, 0.6) is 11.5 Å². The predicted molar refractivity (Wildman–Crippen MR) is 98.6 cm³/mol. The number of amides is 1. The number of aromatic nitrogens is 1. The normalized spacial score (nSPS) is 10.6. The highest BCUT2D eigenvalue weighted by atomic mass is 16.6. The second-order valence-corrected chi connectivity index (χ2v) is 5.71. The van der Waals surface area contributed by atoms with E-state index in [9.17, 15) is 19.7 Å². The Kier molecular flexibility index (Phi) is 5.58. The van der Waals surface area contributed by atoms with E-state index in [1.54, 1.807) is 18.2 Å². The summed E-state index contributed by atoms with van der Waals surface area (Å²) in [6, 6.07) is 10.9. The molecule has 1 heterocycles. The zero-order valence-electron chi connectivity index (χ0n) is 14.9. The lowest BCUT2D eigenvalue weighted by Crippen LogP contribution is -2.33. The van der Waals surface area contributed by atoms with Gasteiger partial charge < -0.3 is 19.2 Å². The number of nitrogens with one attached hydrogen (secondary N) is 1. The molecule has 0 atom stereocenters. The maximum atomic E-state index is 12.1. The van der Waals surface area contributed by atoms with Crippen molar-refractivity contribution < 1.29 is 23.6 Å². The number of nitro groups is 1. The topological polar surface area (TPSA) is 126 Å². The minimum Gasteiger partial charge on any atom is -0.493 e. The van der Waals surface area contributed by atoms with Crippen LogP contribution in [0.3, 0.4) is 0 Å². The lowest BCUT2D eigenvalue weighted by molar-refractivity contribution is -0.384. The molecule has 146 valence electrons. The second-order valence-electron chi connectivity index (χ2n) is 5.71. The molecule has 0 bridgehead atoms. The van der Waals surface area contributed by atoms with Gasteiger partial charge in [-0.05, 0) is 18.2 Å². The molecule has 0 aliphatic heterocycles. The quantitative estimate of drug-likeness (QED) is 0.354. The van der Waals surface area contributed by atoms with E-state index in [0.717, 1.165) is 10.6 Å². The Morgan fingerprint density at radius 2 is 2.00 bits per heavy atom. The highest BCUT2D eigenvalue weighted by Crippen LogP contribution is 2.25. The minimum absolute atomic E-state index is 0.0477.